The SMILES string of the molecule is COCCCCN1C(=O)C(=O)c2ccc(Cl)cc21. The Morgan fingerprint density at radius 2 is 2.06 bits per heavy atom. The van der Waals surface area contributed by atoms with Crippen LogP contribution in [-0.2, 0) is 9.53 Å². The van der Waals surface area contributed by atoms with Crippen LogP contribution in [0.15, 0.2) is 18.2 Å². The van der Waals surface area contributed by atoms with Crippen molar-refractivity contribution in [2.75, 3.05) is 25.2 Å². The van der Waals surface area contributed by atoms with Gasteiger partial charge in [0.1, 0.15) is 0 Å². The van der Waals surface area contributed by atoms with Crippen molar-refractivity contribution in [2.45, 2.75) is 12.8 Å². The van der Waals surface area contributed by atoms with Crippen molar-refractivity contribution in [1.29, 1.82) is 0 Å². The van der Waals surface area contributed by atoms with Crippen LogP contribution in [0.2, 0.25) is 5.02 Å². The second kappa shape index (κ2) is 5.50. The molecule has 0 radical (unpaired) electrons. The van der Waals surface area contributed by atoms with Crippen molar-refractivity contribution in [3.8, 4) is 0 Å². The Labute approximate surface area is 110 Å². The van der Waals surface area contributed by atoms with Gasteiger partial charge in [-0.3, -0.25) is 9.59 Å². The highest BCUT2D eigenvalue weighted by atomic mass is 35.5. The number of Topliss-reactive ketones (excluding diaryl/α,β-unsaturated/α-hetero) is 1. The predicted molar refractivity (Wildman–Crippen MR) is 69.2 cm³/mol. The summed E-state index contributed by atoms with van der Waals surface area (Å²) in [5.41, 5.74) is 1.06. The number of hydrogen-bond acceptors (Lipinski definition) is 3. The molecule has 96 valence electrons. The lowest BCUT2D eigenvalue weighted by Gasteiger charge is -2.16. The van der Waals surface area contributed by atoms with Crippen LogP contribution in [0.1, 0.15) is 23.2 Å². The molecular weight excluding hydrogens is 254 g/mol. The predicted octanol–water partition coefficient (Wildman–Crippen LogP) is 2.30. The van der Waals surface area contributed by atoms with Crippen LogP contribution in [0.5, 0.6) is 0 Å². The summed E-state index contributed by atoms with van der Waals surface area (Å²) in [4.78, 5) is 25.1. The average molecular weight is 268 g/mol. The van der Waals surface area contributed by atoms with E-state index in [9.17, 15) is 9.59 Å². The van der Waals surface area contributed by atoms with E-state index in [0.717, 1.165) is 12.8 Å². The fourth-order valence-electron chi connectivity index (χ4n) is 2.01. The van der Waals surface area contributed by atoms with E-state index in [-0.39, 0.29) is 0 Å². The molecule has 0 aliphatic carbocycles. The lowest BCUT2D eigenvalue weighted by molar-refractivity contribution is -0.114. The van der Waals surface area contributed by atoms with Crippen LogP contribution < -0.4 is 4.90 Å². The van der Waals surface area contributed by atoms with Gasteiger partial charge in [-0.1, -0.05) is 11.6 Å². The third-order valence-corrected chi connectivity index (χ3v) is 3.15. The van der Waals surface area contributed by atoms with Gasteiger partial charge in [-0.15, -0.1) is 0 Å². The molecule has 1 amide bonds. The van der Waals surface area contributed by atoms with E-state index in [0.29, 0.717) is 29.4 Å². The molecule has 1 heterocycles. The highest BCUT2D eigenvalue weighted by Crippen LogP contribution is 2.31. The number of carbonyl (C=O) groups is 2. The summed E-state index contributed by atoms with van der Waals surface area (Å²) < 4.78 is 4.95. The highest BCUT2D eigenvalue weighted by Gasteiger charge is 2.35. The Morgan fingerprint density at radius 1 is 1.28 bits per heavy atom. The number of carbonyl (C=O) groups excluding carboxylic acids is 2. The normalized spacial score (nSPS) is 14.2. The second-order valence-electron chi connectivity index (χ2n) is 4.15. The van der Waals surface area contributed by atoms with Crippen LogP contribution in [0, 0.1) is 0 Å². The first-order chi connectivity index (χ1) is 8.65. The Hall–Kier alpha value is -1.39. The minimum atomic E-state index is -0.468. The molecule has 0 atom stereocenters. The first-order valence-corrected chi connectivity index (χ1v) is 6.17. The summed E-state index contributed by atoms with van der Waals surface area (Å²) in [7, 11) is 1.64. The summed E-state index contributed by atoms with van der Waals surface area (Å²) >= 11 is 5.90. The van der Waals surface area contributed by atoms with E-state index in [1.165, 1.54) is 4.90 Å². The molecule has 0 bridgehead atoms. The topological polar surface area (TPSA) is 46.6 Å². The summed E-state index contributed by atoms with van der Waals surface area (Å²) in [6, 6.07) is 4.89. The van der Waals surface area contributed by atoms with Crippen LogP contribution in [0.3, 0.4) is 0 Å². The van der Waals surface area contributed by atoms with Crippen LogP contribution >= 0.6 is 11.6 Å². The summed E-state index contributed by atoms with van der Waals surface area (Å²) in [6.07, 6.45) is 1.64. The standard InChI is InChI=1S/C13H14ClNO3/c1-18-7-3-2-6-15-11-8-9(14)4-5-10(11)12(16)13(15)17/h4-5,8H,2-3,6-7H2,1H3. The molecule has 2 rings (SSSR count). The number of unbranched alkanes of at least 4 members (excludes halogenated alkanes) is 1. The Balaban J connectivity index is 2.14. The molecule has 0 saturated carbocycles. The summed E-state index contributed by atoms with van der Waals surface area (Å²) in [5.74, 6) is -0.918. The fourth-order valence-corrected chi connectivity index (χ4v) is 2.17. The molecular formula is C13H14ClNO3. The smallest absolute Gasteiger partial charge is 0.299 e. The lowest BCUT2D eigenvalue weighted by atomic mass is 10.1. The maximum Gasteiger partial charge on any atom is 0.299 e. The molecule has 4 nitrogen and oxygen atoms in total. The number of amides is 1. The van der Waals surface area contributed by atoms with Gasteiger partial charge < -0.3 is 9.64 Å². The van der Waals surface area contributed by atoms with Crippen molar-refractivity contribution in [3.63, 3.8) is 0 Å². The van der Waals surface area contributed by atoms with Gasteiger partial charge in [0.05, 0.1) is 11.3 Å². The summed E-state index contributed by atoms with van der Waals surface area (Å²) in [6.45, 7) is 1.17. The molecule has 0 saturated heterocycles. The number of ketones is 1. The lowest BCUT2D eigenvalue weighted by Crippen LogP contribution is -2.30. The van der Waals surface area contributed by atoms with E-state index in [4.69, 9.17) is 16.3 Å². The Kier molecular flexibility index (Phi) is 3.99. The maximum absolute atomic E-state index is 11.8. The zero-order valence-electron chi connectivity index (χ0n) is 10.1. The fraction of sp³-hybridized carbons (Fsp3) is 0.385. The van der Waals surface area contributed by atoms with Gasteiger partial charge in [-0.25, -0.2) is 0 Å². The van der Waals surface area contributed by atoms with Gasteiger partial charge >= 0.3 is 0 Å². The van der Waals surface area contributed by atoms with Crippen molar-refractivity contribution < 1.29 is 14.3 Å². The Bertz CT molecular complexity index is 487. The van der Waals surface area contributed by atoms with E-state index < -0.39 is 11.7 Å². The molecule has 0 unspecified atom stereocenters. The Morgan fingerprint density at radius 3 is 2.78 bits per heavy atom. The van der Waals surface area contributed by atoms with Crippen molar-refractivity contribution in [2.24, 2.45) is 0 Å². The van der Waals surface area contributed by atoms with Gasteiger partial charge in [0, 0.05) is 25.3 Å². The van der Waals surface area contributed by atoms with Gasteiger partial charge in [0.25, 0.3) is 11.7 Å². The third-order valence-electron chi connectivity index (χ3n) is 2.91. The maximum atomic E-state index is 11.8. The van der Waals surface area contributed by atoms with Crippen LogP contribution in [0.25, 0.3) is 0 Å². The average Bonchev–Trinajstić information content (AvgIpc) is 2.59. The minimum absolute atomic E-state index is 0.441. The third kappa shape index (κ3) is 2.40. The summed E-state index contributed by atoms with van der Waals surface area (Å²) in [5, 5.41) is 0.526. The van der Waals surface area contributed by atoms with Gasteiger partial charge in [0.2, 0.25) is 0 Å². The molecule has 0 spiro atoms. The number of anilines is 1. The van der Waals surface area contributed by atoms with E-state index in [2.05, 4.69) is 0 Å². The molecule has 1 aromatic carbocycles. The van der Waals surface area contributed by atoms with Crippen molar-refractivity contribution >= 4 is 29.0 Å². The minimum Gasteiger partial charge on any atom is -0.385 e. The van der Waals surface area contributed by atoms with Gasteiger partial charge in [0.15, 0.2) is 0 Å². The molecule has 1 aromatic rings. The number of methoxy groups -OCH3 is 1. The number of rotatable bonds is 5. The van der Waals surface area contributed by atoms with Crippen LogP contribution in [0.4, 0.5) is 5.69 Å². The van der Waals surface area contributed by atoms with Gasteiger partial charge in [-0.2, -0.15) is 0 Å². The number of nitrogens with zero attached hydrogens (tertiary/aromatic N) is 1. The number of benzene rings is 1. The highest BCUT2D eigenvalue weighted by molar-refractivity contribution is 6.52. The number of fused-ring (bicyclic) bond motifs is 1. The molecule has 5 heteroatoms. The molecule has 1 aliphatic rings. The van der Waals surface area contributed by atoms with Crippen LogP contribution in [-0.4, -0.2) is 32.0 Å². The first kappa shape index (κ1) is 13.1. The molecule has 0 N–H and O–H groups in total. The molecule has 0 fully saturated rings. The monoisotopic (exact) mass is 267 g/mol. The molecule has 1 aliphatic heterocycles. The number of halogens is 1. The van der Waals surface area contributed by atoms with Gasteiger partial charge in [-0.05, 0) is 31.0 Å². The largest absolute Gasteiger partial charge is 0.385 e. The van der Waals surface area contributed by atoms with E-state index in [1.54, 1.807) is 25.3 Å². The van der Waals surface area contributed by atoms with E-state index in [1.807, 2.05) is 0 Å². The van der Waals surface area contributed by atoms with Crippen molar-refractivity contribution in [1.82, 2.24) is 0 Å². The number of ether oxygens (including phenoxy) is 1. The van der Waals surface area contributed by atoms with E-state index >= 15 is 0 Å². The molecule has 18 heavy (non-hydrogen) atoms. The molecule has 0 aromatic heterocycles. The van der Waals surface area contributed by atoms with Crippen molar-refractivity contribution in [3.05, 3.63) is 28.8 Å². The zero-order valence-corrected chi connectivity index (χ0v) is 10.9. The second-order valence-corrected chi connectivity index (χ2v) is 4.58. The first-order valence-electron chi connectivity index (χ1n) is 5.80. The quantitative estimate of drug-likeness (QED) is 0.607. The zero-order chi connectivity index (χ0) is 13.1. The number of hydrogen-bond donors (Lipinski definition) is 0.